The summed E-state index contributed by atoms with van der Waals surface area (Å²) in [6.45, 7) is 11.1. The molecule has 0 aliphatic carbocycles. The minimum Gasteiger partial charge on any atom is -0.496 e. The molecule has 122 valence electrons. The molecule has 5 nitrogen and oxygen atoms in total. The molecule has 1 rings (SSSR count). The molecule has 1 aromatic carbocycles. The van der Waals surface area contributed by atoms with Crippen LogP contribution in [0.3, 0.4) is 0 Å². The van der Waals surface area contributed by atoms with Crippen LogP contribution in [-0.2, 0) is 0 Å². The van der Waals surface area contributed by atoms with Crippen molar-refractivity contribution in [1.82, 2.24) is 10.2 Å². The van der Waals surface area contributed by atoms with Crippen molar-refractivity contribution in [2.75, 3.05) is 20.2 Å². The summed E-state index contributed by atoms with van der Waals surface area (Å²) in [5.41, 5.74) is 1.68. The first-order chi connectivity index (χ1) is 10.3. The molecule has 22 heavy (non-hydrogen) atoms. The number of ketones is 1. The number of Topliss-reactive ketones (excluding diaryl/α,β-unsaturated/α-hetero) is 1. The molecule has 0 bridgehead atoms. The Morgan fingerprint density at radius 3 is 2.32 bits per heavy atom. The molecular weight excluding hydrogens is 280 g/mol. The van der Waals surface area contributed by atoms with E-state index in [-0.39, 0.29) is 17.9 Å². The highest BCUT2D eigenvalue weighted by atomic mass is 16.5. The summed E-state index contributed by atoms with van der Waals surface area (Å²) in [6, 6.07) is 3.34. The number of nitrogens with one attached hydrogen (secondary N) is 1. The predicted molar refractivity (Wildman–Crippen MR) is 87.6 cm³/mol. The number of carbonyl (C=O) groups is 2. The molecule has 0 saturated carbocycles. The van der Waals surface area contributed by atoms with E-state index in [2.05, 4.69) is 10.2 Å². The largest absolute Gasteiger partial charge is 0.496 e. The summed E-state index contributed by atoms with van der Waals surface area (Å²) < 4.78 is 5.34. The smallest absolute Gasteiger partial charge is 0.256 e. The number of amides is 1. The van der Waals surface area contributed by atoms with Gasteiger partial charge in [-0.05, 0) is 51.6 Å². The Hall–Kier alpha value is -1.88. The minimum atomic E-state index is -0.234. The molecule has 1 unspecified atom stereocenters. The lowest BCUT2D eigenvalue weighted by molar-refractivity contribution is 0.0872. The SMILES string of the molecule is CCN(CC)C(C)NC(=O)c1cc(C(C)=O)cc(C)c1OC. The number of nitrogens with zero attached hydrogens (tertiary/aromatic N) is 1. The quantitative estimate of drug-likeness (QED) is 0.621. The third-order valence-corrected chi connectivity index (χ3v) is 3.83. The first-order valence-electron chi connectivity index (χ1n) is 7.60. The van der Waals surface area contributed by atoms with Crippen LogP contribution in [0, 0.1) is 6.92 Å². The number of aryl methyl sites for hydroxylation is 1. The third-order valence-electron chi connectivity index (χ3n) is 3.83. The van der Waals surface area contributed by atoms with Crippen LogP contribution < -0.4 is 10.1 Å². The molecular formula is C17H26N2O3. The van der Waals surface area contributed by atoms with Gasteiger partial charge in [-0.1, -0.05) is 13.8 Å². The maximum Gasteiger partial charge on any atom is 0.256 e. The average molecular weight is 306 g/mol. The van der Waals surface area contributed by atoms with E-state index in [1.165, 1.54) is 14.0 Å². The Labute approximate surface area is 132 Å². The van der Waals surface area contributed by atoms with Crippen LogP contribution >= 0.6 is 0 Å². The summed E-state index contributed by atoms with van der Waals surface area (Å²) in [4.78, 5) is 26.3. The van der Waals surface area contributed by atoms with E-state index in [1.807, 2.05) is 27.7 Å². The molecule has 1 N–H and O–H groups in total. The normalized spacial score (nSPS) is 12.1. The topological polar surface area (TPSA) is 58.6 Å². The molecule has 0 fully saturated rings. The molecule has 0 heterocycles. The summed E-state index contributed by atoms with van der Waals surface area (Å²) in [6.07, 6.45) is -0.0894. The Morgan fingerprint density at radius 1 is 1.27 bits per heavy atom. The predicted octanol–water partition coefficient (Wildman–Crippen LogP) is 2.62. The highest BCUT2D eigenvalue weighted by molar-refractivity contribution is 6.02. The van der Waals surface area contributed by atoms with Crippen LogP contribution in [0.2, 0.25) is 0 Å². The fourth-order valence-electron chi connectivity index (χ4n) is 2.55. The number of ether oxygens (including phenoxy) is 1. The fraction of sp³-hybridized carbons (Fsp3) is 0.529. The van der Waals surface area contributed by atoms with Crippen LogP contribution in [0.5, 0.6) is 5.75 Å². The molecule has 0 aliphatic rings. The van der Waals surface area contributed by atoms with E-state index in [4.69, 9.17) is 4.74 Å². The van der Waals surface area contributed by atoms with Crippen molar-refractivity contribution in [2.45, 2.75) is 40.8 Å². The number of hydrogen-bond donors (Lipinski definition) is 1. The van der Waals surface area contributed by atoms with E-state index in [0.29, 0.717) is 16.9 Å². The van der Waals surface area contributed by atoms with Gasteiger partial charge in [-0.2, -0.15) is 0 Å². The Balaban J connectivity index is 3.13. The van der Waals surface area contributed by atoms with Crippen LogP contribution in [0.25, 0.3) is 0 Å². The Morgan fingerprint density at radius 2 is 1.86 bits per heavy atom. The van der Waals surface area contributed by atoms with Gasteiger partial charge in [0.2, 0.25) is 0 Å². The van der Waals surface area contributed by atoms with Gasteiger partial charge in [-0.15, -0.1) is 0 Å². The van der Waals surface area contributed by atoms with Crippen molar-refractivity contribution in [1.29, 1.82) is 0 Å². The maximum atomic E-state index is 12.6. The van der Waals surface area contributed by atoms with Crippen LogP contribution in [0.4, 0.5) is 0 Å². The summed E-state index contributed by atoms with van der Waals surface area (Å²) in [7, 11) is 1.53. The van der Waals surface area contributed by atoms with Gasteiger partial charge in [-0.3, -0.25) is 14.5 Å². The number of methoxy groups -OCH3 is 1. The van der Waals surface area contributed by atoms with E-state index >= 15 is 0 Å². The second-order valence-electron chi connectivity index (χ2n) is 5.30. The molecule has 0 aromatic heterocycles. The molecule has 1 aromatic rings. The van der Waals surface area contributed by atoms with Crippen molar-refractivity contribution in [3.05, 3.63) is 28.8 Å². The lowest BCUT2D eigenvalue weighted by Crippen LogP contribution is -2.46. The van der Waals surface area contributed by atoms with E-state index < -0.39 is 0 Å². The van der Waals surface area contributed by atoms with Crippen LogP contribution in [-0.4, -0.2) is 43.0 Å². The van der Waals surface area contributed by atoms with Crippen LogP contribution in [0.1, 0.15) is 54.0 Å². The van der Waals surface area contributed by atoms with Crippen molar-refractivity contribution < 1.29 is 14.3 Å². The van der Waals surface area contributed by atoms with Crippen molar-refractivity contribution in [3.8, 4) is 5.75 Å². The first-order valence-corrected chi connectivity index (χ1v) is 7.60. The van der Waals surface area contributed by atoms with Gasteiger partial charge >= 0.3 is 0 Å². The lowest BCUT2D eigenvalue weighted by Gasteiger charge is -2.27. The Kier molecular flexibility index (Phi) is 6.56. The second kappa shape index (κ2) is 7.94. The van der Waals surface area contributed by atoms with Crippen LogP contribution in [0.15, 0.2) is 12.1 Å². The van der Waals surface area contributed by atoms with Crippen molar-refractivity contribution in [2.24, 2.45) is 0 Å². The number of rotatable bonds is 7. The lowest BCUT2D eigenvalue weighted by atomic mass is 10.0. The van der Waals surface area contributed by atoms with E-state index in [9.17, 15) is 9.59 Å². The minimum absolute atomic E-state index is 0.0726. The van der Waals surface area contributed by atoms with Gasteiger partial charge in [0.25, 0.3) is 5.91 Å². The van der Waals surface area contributed by atoms with Crippen molar-refractivity contribution in [3.63, 3.8) is 0 Å². The van der Waals surface area contributed by atoms with Gasteiger partial charge in [-0.25, -0.2) is 0 Å². The average Bonchev–Trinajstić information content (AvgIpc) is 2.47. The number of hydrogen-bond acceptors (Lipinski definition) is 4. The standard InChI is InChI=1S/C17H26N2O3/c1-7-19(8-2)13(5)18-17(21)15-10-14(12(4)20)9-11(3)16(15)22-6/h9-10,13H,7-8H2,1-6H3,(H,18,21). The molecule has 0 spiro atoms. The zero-order chi connectivity index (χ0) is 16.9. The molecule has 0 radical (unpaired) electrons. The molecule has 1 atom stereocenters. The van der Waals surface area contributed by atoms with Gasteiger partial charge in [0.15, 0.2) is 5.78 Å². The summed E-state index contributed by atoms with van der Waals surface area (Å²) in [5, 5.41) is 2.96. The molecule has 0 saturated heterocycles. The molecule has 0 aliphatic heterocycles. The van der Waals surface area contributed by atoms with E-state index in [0.717, 1.165) is 18.7 Å². The first kappa shape index (κ1) is 18.2. The summed E-state index contributed by atoms with van der Waals surface area (Å²) >= 11 is 0. The third kappa shape index (κ3) is 4.07. The van der Waals surface area contributed by atoms with Crippen molar-refractivity contribution >= 4 is 11.7 Å². The monoisotopic (exact) mass is 306 g/mol. The van der Waals surface area contributed by atoms with Gasteiger partial charge in [0, 0.05) is 5.56 Å². The zero-order valence-corrected chi connectivity index (χ0v) is 14.3. The number of benzene rings is 1. The van der Waals surface area contributed by atoms with Gasteiger partial charge in [0.05, 0.1) is 18.8 Å². The van der Waals surface area contributed by atoms with Gasteiger partial charge < -0.3 is 10.1 Å². The molecule has 1 amide bonds. The van der Waals surface area contributed by atoms with Gasteiger partial charge in [0.1, 0.15) is 5.75 Å². The highest BCUT2D eigenvalue weighted by Crippen LogP contribution is 2.25. The molecule has 5 heteroatoms. The van der Waals surface area contributed by atoms with E-state index in [1.54, 1.807) is 12.1 Å². The Bertz CT molecular complexity index is 551. The summed E-state index contributed by atoms with van der Waals surface area (Å²) in [5.74, 6) is 0.202. The zero-order valence-electron chi connectivity index (χ0n) is 14.3. The second-order valence-corrected chi connectivity index (χ2v) is 5.30. The maximum absolute atomic E-state index is 12.6. The fourth-order valence-corrected chi connectivity index (χ4v) is 2.55. The number of carbonyl (C=O) groups excluding carboxylic acids is 2. The highest BCUT2D eigenvalue weighted by Gasteiger charge is 2.20.